The Labute approximate surface area is 166 Å². The van der Waals surface area contributed by atoms with Crippen LogP contribution in [-0.2, 0) is 22.7 Å². The summed E-state index contributed by atoms with van der Waals surface area (Å²) in [4.78, 5) is 0.0964. The third-order valence-electron chi connectivity index (χ3n) is 4.76. The third kappa shape index (κ3) is 3.73. The van der Waals surface area contributed by atoms with Crippen molar-refractivity contribution in [2.24, 2.45) is 0 Å². The first-order chi connectivity index (χ1) is 13.8. The van der Waals surface area contributed by atoms with Gasteiger partial charge in [0.15, 0.2) is 0 Å². The van der Waals surface area contributed by atoms with Gasteiger partial charge in [0.1, 0.15) is 11.1 Å². The quantitative estimate of drug-likeness (QED) is 0.650. The minimum absolute atomic E-state index is 0.0193. The van der Waals surface area contributed by atoms with Gasteiger partial charge < -0.3 is 5.32 Å². The number of rotatable bonds is 3. The molecular formula is C21H17F3N2O2S. The molecule has 0 fully saturated rings. The van der Waals surface area contributed by atoms with Crippen LogP contribution in [0.3, 0.4) is 0 Å². The highest BCUT2D eigenvalue weighted by Gasteiger charge is 2.40. The molecule has 0 aromatic heterocycles. The molecule has 1 aliphatic rings. The van der Waals surface area contributed by atoms with Gasteiger partial charge in [-0.25, -0.2) is 8.42 Å². The molecule has 1 aliphatic heterocycles. The van der Waals surface area contributed by atoms with E-state index in [1.165, 1.54) is 22.5 Å². The van der Waals surface area contributed by atoms with Crippen molar-refractivity contribution < 1.29 is 21.6 Å². The summed E-state index contributed by atoms with van der Waals surface area (Å²) in [7, 11) is -3.94. The van der Waals surface area contributed by atoms with Crippen molar-refractivity contribution in [3.05, 3.63) is 95.6 Å². The maximum absolute atomic E-state index is 13.3. The zero-order valence-corrected chi connectivity index (χ0v) is 15.9. The molecular weight excluding hydrogens is 401 g/mol. The lowest BCUT2D eigenvalue weighted by Gasteiger charge is -2.37. The summed E-state index contributed by atoms with van der Waals surface area (Å²) in [6.07, 6.45) is -5.50. The van der Waals surface area contributed by atoms with E-state index in [0.29, 0.717) is 5.69 Å². The van der Waals surface area contributed by atoms with Gasteiger partial charge in [-0.15, -0.1) is 0 Å². The molecule has 4 nitrogen and oxygen atoms in total. The van der Waals surface area contributed by atoms with E-state index in [4.69, 9.17) is 0 Å². The molecule has 1 heterocycles. The van der Waals surface area contributed by atoms with Crippen molar-refractivity contribution in [3.63, 3.8) is 0 Å². The molecule has 1 atom stereocenters. The highest BCUT2D eigenvalue weighted by molar-refractivity contribution is 7.89. The Morgan fingerprint density at radius 3 is 2.31 bits per heavy atom. The fourth-order valence-corrected chi connectivity index (χ4v) is 5.05. The molecule has 3 aromatic rings. The van der Waals surface area contributed by atoms with E-state index < -0.39 is 27.9 Å². The number of anilines is 1. The smallest absolute Gasteiger partial charge is 0.364 e. The van der Waals surface area contributed by atoms with Crippen LogP contribution in [0.15, 0.2) is 83.8 Å². The van der Waals surface area contributed by atoms with Crippen LogP contribution in [0.4, 0.5) is 18.9 Å². The normalized spacial score (nSPS) is 18.7. The second-order valence-corrected chi connectivity index (χ2v) is 8.56. The lowest BCUT2D eigenvalue weighted by molar-refractivity contribution is -0.137. The van der Waals surface area contributed by atoms with E-state index in [9.17, 15) is 21.6 Å². The van der Waals surface area contributed by atoms with Crippen LogP contribution < -0.4 is 5.32 Å². The molecule has 8 heteroatoms. The Hall–Kier alpha value is -2.84. The second kappa shape index (κ2) is 7.20. The van der Waals surface area contributed by atoms with Gasteiger partial charge in [-0.1, -0.05) is 54.6 Å². The first-order valence-corrected chi connectivity index (χ1v) is 10.3. The van der Waals surface area contributed by atoms with Crippen LogP contribution in [0.5, 0.6) is 0 Å². The van der Waals surface area contributed by atoms with Gasteiger partial charge in [-0.3, -0.25) is 0 Å². The monoisotopic (exact) mass is 418 g/mol. The average Bonchev–Trinajstić information content (AvgIpc) is 2.70. The number of nitrogens with one attached hydrogen (secondary N) is 1. The predicted octanol–water partition coefficient (Wildman–Crippen LogP) is 5.02. The summed E-state index contributed by atoms with van der Waals surface area (Å²) in [5.74, 6) is 0. The number of alkyl halides is 3. The Kier molecular flexibility index (Phi) is 4.84. The predicted molar refractivity (Wildman–Crippen MR) is 103 cm³/mol. The van der Waals surface area contributed by atoms with E-state index in [1.54, 1.807) is 42.5 Å². The summed E-state index contributed by atoms with van der Waals surface area (Å²) >= 11 is 0. The molecule has 0 spiro atoms. The van der Waals surface area contributed by atoms with Crippen LogP contribution in [0.2, 0.25) is 0 Å². The van der Waals surface area contributed by atoms with Gasteiger partial charge in [0.05, 0.1) is 11.3 Å². The number of benzene rings is 3. The van der Waals surface area contributed by atoms with Crippen molar-refractivity contribution in [2.45, 2.75) is 23.8 Å². The fraction of sp³-hybridized carbons (Fsp3) is 0.143. The van der Waals surface area contributed by atoms with Gasteiger partial charge in [-0.05, 0) is 35.4 Å². The Morgan fingerprint density at radius 1 is 0.897 bits per heavy atom. The molecule has 3 aromatic carbocycles. The highest BCUT2D eigenvalue weighted by atomic mass is 32.2. The van der Waals surface area contributed by atoms with Gasteiger partial charge in [-0.2, -0.15) is 17.5 Å². The molecule has 0 amide bonds. The molecule has 0 aliphatic carbocycles. The minimum atomic E-state index is -4.52. The molecule has 0 radical (unpaired) electrons. The summed E-state index contributed by atoms with van der Waals surface area (Å²) in [6, 6.07) is 20.0. The lowest BCUT2D eigenvalue weighted by Crippen LogP contribution is -2.42. The maximum Gasteiger partial charge on any atom is 0.416 e. The number of hydrogen-bond acceptors (Lipinski definition) is 3. The molecule has 1 N–H and O–H groups in total. The molecule has 0 unspecified atom stereocenters. The number of nitrogens with zero attached hydrogens (tertiary/aromatic N) is 1. The van der Waals surface area contributed by atoms with Crippen LogP contribution in [0.1, 0.15) is 22.9 Å². The SMILES string of the molecule is O=S1(=O)c2ccccc2N[C@H](c2cccc(C(F)(F)F)c2)N1Cc1ccccc1. The topological polar surface area (TPSA) is 49.4 Å². The molecule has 150 valence electrons. The number of sulfonamides is 1. The van der Waals surface area contributed by atoms with Crippen molar-refractivity contribution in [2.75, 3.05) is 5.32 Å². The van der Waals surface area contributed by atoms with Crippen molar-refractivity contribution in [1.82, 2.24) is 4.31 Å². The van der Waals surface area contributed by atoms with E-state index in [1.807, 2.05) is 6.07 Å². The van der Waals surface area contributed by atoms with Gasteiger partial charge in [0, 0.05) is 6.54 Å². The molecule has 29 heavy (non-hydrogen) atoms. The van der Waals surface area contributed by atoms with Crippen LogP contribution in [0, 0.1) is 0 Å². The Bertz CT molecular complexity index is 1130. The summed E-state index contributed by atoms with van der Waals surface area (Å²) in [5.41, 5.74) is 0.481. The first kappa shape index (κ1) is 19.5. The third-order valence-corrected chi connectivity index (χ3v) is 6.63. The van der Waals surface area contributed by atoms with Crippen LogP contribution in [0.25, 0.3) is 0 Å². The van der Waals surface area contributed by atoms with Crippen molar-refractivity contribution >= 4 is 15.7 Å². The summed E-state index contributed by atoms with van der Waals surface area (Å²) in [5, 5.41) is 3.10. The largest absolute Gasteiger partial charge is 0.416 e. The Balaban J connectivity index is 1.84. The van der Waals surface area contributed by atoms with E-state index in [0.717, 1.165) is 17.7 Å². The first-order valence-electron chi connectivity index (χ1n) is 8.85. The fourth-order valence-electron chi connectivity index (χ4n) is 3.37. The number of para-hydroxylation sites is 1. The van der Waals surface area contributed by atoms with E-state index in [2.05, 4.69) is 5.32 Å². The zero-order valence-electron chi connectivity index (χ0n) is 15.1. The minimum Gasteiger partial charge on any atom is -0.364 e. The Morgan fingerprint density at radius 2 is 1.59 bits per heavy atom. The standard InChI is InChI=1S/C21H17F3N2O2S/c22-21(23,24)17-10-6-9-16(13-17)20-25-18-11-4-5-12-19(18)29(27,28)26(20)14-15-7-2-1-3-8-15/h1-13,20,25H,14H2/t20-/m0/s1. The lowest BCUT2D eigenvalue weighted by atomic mass is 10.1. The second-order valence-electron chi connectivity index (χ2n) is 6.70. The number of fused-ring (bicyclic) bond motifs is 1. The molecule has 4 rings (SSSR count). The van der Waals surface area contributed by atoms with Crippen molar-refractivity contribution in [1.29, 1.82) is 0 Å². The van der Waals surface area contributed by atoms with Crippen LogP contribution in [-0.4, -0.2) is 12.7 Å². The molecule has 0 bridgehead atoms. The molecule has 0 saturated carbocycles. The average molecular weight is 418 g/mol. The maximum atomic E-state index is 13.3. The van der Waals surface area contributed by atoms with Gasteiger partial charge >= 0.3 is 6.18 Å². The van der Waals surface area contributed by atoms with Gasteiger partial charge in [0.25, 0.3) is 0 Å². The van der Waals surface area contributed by atoms with Crippen molar-refractivity contribution in [3.8, 4) is 0 Å². The summed E-state index contributed by atoms with van der Waals surface area (Å²) < 4.78 is 67.5. The van der Waals surface area contributed by atoms with E-state index >= 15 is 0 Å². The van der Waals surface area contributed by atoms with Gasteiger partial charge in [0.2, 0.25) is 10.0 Å². The highest BCUT2D eigenvalue weighted by Crippen LogP contribution is 2.40. The van der Waals surface area contributed by atoms with Crippen LogP contribution >= 0.6 is 0 Å². The van der Waals surface area contributed by atoms with E-state index in [-0.39, 0.29) is 17.0 Å². The number of hydrogen-bond donors (Lipinski definition) is 1. The molecule has 0 saturated heterocycles. The summed E-state index contributed by atoms with van der Waals surface area (Å²) in [6.45, 7) is 0.0193. The number of halogens is 3. The zero-order chi connectivity index (χ0) is 20.6.